The fraction of sp³-hybridized carbons (Fsp3) is 0.500. The van der Waals surface area contributed by atoms with Crippen molar-refractivity contribution in [3.63, 3.8) is 0 Å². The van der Waals surface area contributed by atoms with Gasteiger partial charge in [-0.25, -0.2) is 4.79 Å². The van der Waals surface area contributed by atoms with Gasteiger partial charge in [-0.1, -0.05) is 5.92 Å². The lowest BCUT2D eigenvalue weighted by Gasteiger charge is -2.27. The molecule has 19 heavy (non-hydrogen) atoms. The summed E-state index contributed by atoms with van der Waals surface area (Å²) >= 11 is 0. The average Bonchev–Trinajstić information content (AvgIpc) is 2.85. The zero-order valence-corrected chi connectivity index (χ0v) is 10.1. The van der Waals surface area contributed by atoms with Crippen molar-refractivity contribution in [2.45, 2.75) is 31.0 Å². The van der Waals surface area contributed by atoms with E-state index < -0.39 is 35.3 Å². The summed E-state index contributed by atoms with van der Waals surface area (Å²) in [6.07, 6.45) is 4.17. The number of ether oxygens (including phenoxy) is 2. The second kappa shape index (κ2) is 3.81. The van der Waals surface area contributed by atoms with Gasteiger partial charge in [0.2, 0.25) is 0 Å². The van der Waals surface area contributed by atoms with Gasteiger partial charge in [-0.15, -0.1) is 6.42 Å². The number of aromatic amines is 1. The monoisotopic (exact) mass is 264 g/mol. The Morgan fingerprint density at radius 1 is 1.63 bits per heavy atom. The number of H-pyrrole nitrogens is 1. The molecule has 2 fully saturated rings. The van der Waals surface area contributed by atoms with Gasteiger partial charge in [0.15, 0.2) is 11.8 Å². The van der Waals surface area contributed by atoms with E-state index in [9.17, 15) is 14.7 Å². The fourth-order valence-electron chi connectivity index (χ4n) is 2.44. The quantitative estimate of drug-likeness (QED) is 0.602. The summed E-state index contributed by atoms with van der Waals surface area (Å²) in [7, 11) is 0. The Hall–Kier alpha value is -1.88. The Labute approximate surface area is 107 Å². The van der Waals surface area contributed by atoms with E-state index >= 15 is 0 Å². The number of fused-ring (bicyclic) bond motifs is 2. The minimum absolute atomic E-state index is 0.0862. The van der Waals surface area contributed by atoms with Crippen LogP contribution in [0.1, 0.15) is 11.8 Å². The number of terminal acetylenes is 1. The first-order valence-corrected chi connectivity index (χ1v) is 5.76. The third-order valence-corrected chi connectivity index (χ3v) is 3.56. The topological polar surface area (TPSA) is 93.5 Å². The van der Waals surface area contributed by atoms with Crippen LogP contribution in [0.5, 0.6) is 0 Å². The van der Waals surface area contributed by atoms with Crippen LogP contribution in [0, 0.1) is 19.3 Å². The molecule has 100 valence electrons. The van der Waals surface area contributed by atoms with Crippen LogP contribution >= 0.6 is 0 Å². The average molecular weight is 264 g/mol. The van der Waals surface area contributed by atoms with E-state index in [1.54, 1.807) is 6.92 Å². The highest BCUT2D eigenvalue weighted by atomic mass is 16.6. The fourth-order valence-corrected chi connectivity index (χ4v) is 2.44. The molecule has 3 rings (SSSR count). The summed E-state index contributed by atoms with van der Waals surface area (Å²) < 4.78 is 12.2. The molecule has 0 saturated carbocycles. The Kier molecular flexibility index (Phi) is 2.44. The van der Waals surface area contributed by atoms with Crippen LogP contribution in [0.3, 0.4) is 0 Å². The summed E-state index contributed by atoms with van der Waals surface area (Å²) in [5.41, 5.74) is -1.96. The van der Waals surface area contributed by atoms with Crippen molar-refractivity contribution in [3.8, 4) is 12.3 Å². The molecule has 0 aliphatic carbocycles. The van der Waals surface area contributed by atoms with E-state index in [4.69, 9.17) is 15.9 Å². The number of hydrogen-bond donors (Lipinski definition) is 2. The third-order valence-electron chi connectivity index (χ3n) is 3.56. The zero-order valence-electron chi connectivity index (χ0n) is 10.1. The van der Waals surface area contributed by atoms with Crippen LogP contribution in [-0.2, 0) is 9.47 Å². The minimum Gasteiger partial charge on any atom is -0.386 e. The molecule has 1 aromatic rings. The van der Waals surface area contributed by atoms with Crippen molar-refractivity contribution >= 4 is 0 Å². The van der Waals surface area contributed by atoms with E-state index in [2.05, 4.69) is 10.9 Å². The molecule has 0 spiro atoms. The molecule has 3 heterocycles. The molecule has 7 nitrogen and oxygen atoms in total. The number of aromatic nitrogens is 2. The predicted molar refractivity (Wildman–Crippen MR) is 63.5 cm³/mol. The lowest BCUT2D eigenvalue weighted by atomic mass is 10.0. The van der Waals surface area contributed by atoms with Crippen molar-refractivity contribution in [2.24, 2.45) is 0 Å². The first-order chi connectivity index (χ1) is 8.98. The maximum Gasteiger partial charge on any atom is 0.330 e. The van der Waals surface area contributed by atoms with Gasteiger partial charge in [-0.2, -0.15) is 0 Å². The van der Waals surface area contributed by atoms with Gasteiger partial charge in [0.1, 0.15) is 12.2 Å². The molecule has 2 bridgehead atoms. The normalized spacial score (nSPS) is 36.4. The number of aliphatic hydroxyl groups is 1. The van der Waals surface area contributed by atoms with Crippen molar-refractivity contribution in [1.29, 1.82) is 0 Å². The second-order valence-electron chi connectivity index (χ2n) is 4.74. The lowest BCUT2D eigenvalue weighted by molar-refractivity contribution is -0.152. The van der Waals surface area contributed by atoms with Gasteiger partial charge in [-0.05, 0) is 6.92 Å². The van der Waals surface area contributed by atoms with E-state index in [0.29, 0.717) is 5.56 Å². The molecule has 0 amide bonds. The number of aliphatic hydroxyl groups excluding tert-OH is 1. The maximum atomic E-state index is 11.8. The van der Waals surface area contributed by atoms with Crippen LogP contribution in [0.4, 0.5) is 0 Å². The maximum absolute atomic E-state index is 11.8. The smallest absolute Gasteiger partial charge is 0.330 e. The second-order valence-corrected chi connectivity index (χ2v) is 4.74. The summed E-state index contributed by atoms with van der Waals surface area (Å²) in [5.74, 6) is 2.38. The molecule has 2 N–H and O–H groups in total. The Morgan fingerprint density at radius 2 is 2.37 bits per heavy atom. The van der Waals surface area contributed by atoms with Gasteiger partial charge in [0.05, 0.1) is 6.61 Å². The standard InChI is InChI=1S/C12H12N2O5/c1-3-12-5-18-7(8(12)15)10(19-12)14-4-6(2)9(16)13-11(14)17/h1,4,7-8,10,15H,5H2,2H3,(H,13,16,17)/t7-,8?,10+,12-/m0/s1. The van der Waals surface area contributed by atoms with Crippen LogP contribution in [0.2, 0.25) is 0 Å². The van der Waals surface area contributed by atoms with E-state index in [1.165, 1.54) is 10.8 Å². The third kappa shape index (κ3) is 1.51. The summed E-state index contributed by atoms with van der Waals surface area (Å²) in [4.78, 5) is 25.3. The zero-order chi connectivity index (χ0) is 13.8. The Morgan fingerprint density at radius 3 is 3.00 bits per heavy atom. The molecule has 2 aliphatic heterocycles. The number of rotatable bonds is 1. The first kappa shape index (κ1) is 12.2. The summed E-state index contributed by atoms with van der Waals surface area (Å²) in [6.45, 7) is 1.65. The van der Waals surface area contributed by atoms with Crippen LogP contribution < -0.4 is 11.2 Å². The largest absolute Gasteiger partial charge is 0.386 e. The Balaban J connectivity index is 2.07. The number of aryl methyl sites for hydroxylation is 1. The molecule has 1 aromatic heterocycles. The molecular formula is C12H12N2O5. The van der Waals surface area contributed by atoms with Gasteiger partial charge in [0.25, 0.3) is 5.56 Å². The summed E-state index contributed by atoms with van der Waals surface area (Å²) in [6, 6.07) is 0. The molecule has 2 saturated heterocycles. The van der Waals surface area contributed by atoms with E-state index in [0.717, 1.165) is 0 Å². The highest BCUT2D eigenvalue weighted by Crippen LogP contribution is 2.43. The number of nitrogens with one attached hydrogen (secondary N) is 1. The molecule has 0 aromatic carbocycles. The molecule has 0 radical (unpaired) electrons. The van der Waals surface area contributed by atoms with Gasteiger partial charge >= 0.3 is 5.69 Å². The van der Waals surface area contributed by atoms with Crippen LogP contribution in [0.25, 0.3) is 0 Å². The lowest BCUT2D eigenvalue weighted by Crippen LogP contribution is -2.41. The summed E-state index contributed by atoms with van der Waals surface area (Å²) in [5, 5.41) is 10.0. The van der Waals surface area contributed by atoms with Gasteiger partial charge < -0.3 is 14.6 Å². The Bertz CT molecular complexity index is 685. The van der Waals surface area contributed by atoms with E-state index in [-0.39, 0.29) is 6.61 Å². The highest BCUT2D eigenvalue weighted by molar-refractivity contribution is 5.22. The predicted octanol–water partition coefficient (Wildman–Crippen LogP) is -1.49. The van der Waals surface area contributed by atoms with E-state index in [1.807, 2.05) is 0 Å². The number of hydrogen-bond acceptors (Lipinski definition) is 5. The van der Waals surface area contributed by atoms with Crippen molar-refractivity contribution in [2.75, 3.05) is 6.61 Å². The molecule has 7 heteroatoms. The first-order valence-electron chi connectivity index (χ1n) is 5.76. The number of nitrogens with zero attached hydrogens (tertiary/aromatic N) is 1. The van der Waals surface area contributed by atoms with Gasteiger partial charge in [0, 0.05) is 11.8 Å². The van der Waals surface area contributed by atoms with Crippen molar-refractivity contribution in [1.82, 2.24) is 9.55 Å². The van der Waals surface area contributed by atoms with Gasteiger partial charge in [-0.3, -0.25) is 14.3 Å². The van der Waals surface area contributed by atoms with Crippen LogP contribution in [0.15, 0.2) is 15.8 Å². The highest BCUT2D eigenvalue weighted by Gasteiger charge is 2.61. The molecular weight excluding hydrogens is 252 g/mol. The molecule has 4 atom stereocenters. The molecule has 2 aliphatic rings. The van der Waals surface area contributed by atoms with Crippen molar-refractivity contribution < 1.29 is 14.6 Å². The van der Waals surface area contributed by atoms with Crippen molar-refractivity contribution in [3.05, 3.63) is 32.6 Å². The SMILES string of the molecule is C#C[C@]12CO[C@@H](C1O)[C@H](n1cc(C)c(=O)[nH]c1=O)O2. The molecule has 1 unspecified atom stereocenters. The van der Waals surface area contributed by atoms with Crippen LogP contribution in [-0.4, -0.2) is 39.1 Å². The minimum atomic E-state index is -1.22.